The Morgan fingerprint density at radius 2 is 2.16 bits per heavy atom. The van der Waals surface area contributed by atoms with Crippen molar-refractivity contribution in [1.29, 1.82) is 0 Å². The lowest BCUT2D eigenvalue weighted by Gasteiger charge is -2.20. The molecule has 1 atom stereocenters. The van der Waals surface area contributed by atoms with E-state index in [4.69, 9.17) is 23.2 Å². The molecule has 1 aromatic carbocycles. The minimum atomic E-state index is 0.0543. The van der Waals surface area contributed by atoms with E-state index < -0.39 is 0 Å². The number of aromatic nitrogens is 1. The molecule has 0 aliphatic rings. The van der Waals surface area contributed by atoms with Gasteiger partial charge in [-0.15, -0.1) is 11.3 Å². The van der Waals surface area contributed by atoms with Gasteiger partial charge in [-0.3, -0.25) is 0 Å². The minimum absolute atomic E-state index is 0.0543. The minimum Gasteiger partial charge on any atom is -0.305 e. The fourth-order valence-corrected chi connectivity index (χ4v) is 3.26. The van der Waals surface area contributed by atoms with E-state index in [0.717, 1.165) is 29.2 Å². The smallest absolute Gasteiger partial charge is 0.0798 e. The van der Waals surface area contributed by atoms with Gasteiger partial charge in [0.25, 0.3) is 0 Å². The Bertz CT molecular complexity index is 554. The number of nitrogens with zero attached hydrogens (tertiary/aromatic N) is 1. The molecule has 0 radical (unpaired) electrons. The molecule has 1 heterocycles. The number of benzene rings is 1. The van der Waals surface area contributed by atoms with Crippen molar-refractivity contribution in [3.05, 3.63) is 49.9 Å². The number of rotatable bonds is 5. The van der Waals surface area contributed by atoms with Crippen LogP contribution in [0.25, 0.3) is 0 Å². The summed E-state index contributed by atoms with van der Waals surface area (Å²) in [5.41, 5.74) is 3.91. The number of hydrogen-bond acceptors (Lipinski definition) is 3. The average Bonchev–Trinajstić information content (AvgIpc) is 2.80. The second-order valence-corrected chi connectivity index (χ2v) is 6.08. The third-order valence-electron chi connectivity index (χ3n) is 2.91. The first-order valence-corrected chi connectivity index (χ1v) is 7.85. The first kappa shape index (κ1) is 14.8. The van der Waals surface area contributed by atoms with Crippen LogP contribution in [-0.2, 0) is 0 Å². The van der Waals surface area contributed by atoms with Gasteiger partial charge in [-0.25, -0.2) is 4.98 Å². The third kappa shape index (κ3) is 3.48. The van der Waals surface area contributed by atoms with Gasteiger partial charge in [0.15, 0.2) is 0 Å². The quantitative estimate of drug-likeness (QED) is 0.853. The summed E-state index contributed by atoms with van der Waals surface area (Å²) in [5.74, 6) is 0. The zero-order valence-electron chi connectivity index (χ0n) is 10.9. The molecule has 1 unspecified atom stereocenters. The lowest BCUT2D eigenvalue weighted by molar-refractivity contribution is 0.603. The van der Waals surface area contributed by atoms with E-state index >= 15 is 0 Å². The van der Waals surface area contributed by atoms with Crippen LogP contribution in [0, 0.1) is 6.92 Å². The number of hydrogen-bond donors (Lipinski definition) is 1. The van der Waals surface area contributed by atoms with Crippen LogP contribution in [0.4, 0.5) is 0 Å². The zero-order valence-corrected chi connectivity index (χ0v) is 13.2. The molecule has 2 aromatic rings. The normalized spacial score (nSPS) is 12.6. The Hall–Kier alpha value is -0.610. The van der Waals surface area contributed by atoms with Gasteiger partial charge in [0.05, 0.1) is 17.2 Å². The molecule has 0 bridgehead atoms. The SMILES string of the molecule is CCCNC(c1cc(Cl)ccc1Cl)c1scnc1C. The molecule has 0 aliphatic heterocycles. The topological polar surface area (TPSA) is 24.9 Å². The van der Waals surface area contributed by atoms with Crippen molar-refractivity contribution < 1.29 is 0 Å². The van der Waals surface area contributed by atoms with Gasteiger partial charge < -0.3 is 5.32 Å². The van der Waals surface area contributed by atoms with Crippen LogP contribution in [0.15, 0.2) is 23.7 Å². The summed E-state index contributed by atoms with van der Waals surface area (Å²) in [4.78, 5) is 5.52. The molecule has 1 N–H and O–H groups in total. The van der Waals surface area contributed by atoms with E-state index in [1.165, 1.54) is 4.88 Å². The highest BCUT2D eigenvalue weighted by Gasteiger charge is 2.20. The van der Waals surface area contributed by atoms with Crippen molar-refractivity contribution in [1.82, 2.24) is 10.3 Å². The molecule has 102 valence electrons. The van der Waals surface area contributed by atoms with E-state index in [1.807, 2.05) is 30.6 Å². The molecule has 0 spiro atoms. The van der Waals surface area contributed by atoms with Gasteiger partial charge in [-0.2, -0.15) is 0 Å². The molecular weight excluding hydrogens is 299 g/mol. The molecule has 0 fully saturated rings. The molecule has 0 aliphatic carbocycles. The predicted octanol–water partition coefficient (Wildman–Crippen LogP) is 4.85. The van der Waals surface area contributed by atoms with Gasteiger partial charge in [-0.05, 0) is 43.7 Å². The van der Waals surface area contributed by atoms with Gasteiger partial charge in [0.1, 0.15) is 0 Å². The first-order chi connectivity index (χ1) is 9.13. The summed E-state index contributed by atoms with van der Waals surface area (Å²) in [6.07, 6.45) is 1.06. The second kappa shape index (κ2) is 6.71. The Labute approximate surface area is 127 Å². The summed E-state index contributed by atoms with van der Waals surface area (Å²) >= 11 is 14.1. The van der Waals surface area contributed by atoms with E-state index in [1.54, 1.807) is 11.3 Å². The number of halogens is 2. The largest absolute Gasteiger partial charge is 0.305 e. The van der Waals surface area contributed by atoms with Crippen molar-refractivity contribution in [3.8, 4) is 0 Å². The van der Waals surface area contributed by atoms with Crippen LogP contribution in [-0.4, -0.2) is 11.5 Å². The Morgan fingerprint density at radius 3 is 2.79 bits per heavy atom. The number of thiazole rings is 1. The molecule has 0 saturated carbocycles. The molecule has 2 rings (SSSR count). The molecule has 0 amide bonds. The van der Waals surface area contributed by atoms with E-state index in [-0.39, 0.29) is 6.04 Å². The van der Waals surface area contributed by atoms with Gasteiger partial charge in [0.2, 0.25) is 0 Å². The fraction of sp³-hybridized carbons (Fsp3) is 0.357. The second-order valence-electron chi connectivity index (χ2n) is 4.35. The highest BCUT2D eigenvalue weighted by molar-refractivity contribution is 7.09. The maximum absolute atomic E-state index is 6.32. The van der Waals surface area contributed by atoms with Crippen molar-refractivity contribution >= 4 is 34.5 Å². The maximum Gasteiger partial charge on any atom is 0.0798 e. The van der Waals surface area contributed by atoms with Crippen LogP contribution in [0.3, 0.4) is 0 Å². The first-order valence-electron chi connectivity index (χ1n) is 6.21. The average molecular weight is 315 g/mol. The summed E-state index contributed by atoms with van der Waals surface area (Å²) in [6.45, 7) is 5.08. The molecular formula is C14H16Cl2N2S. The fourth-order valence-electron chi connectivity index (χ4n) is 1.96. The van der Waals surface area contributed by atoms with Crippen LogP contribution in [0.5, 0.6) is 0 Å². The molecule has 19 heavy (non-hydrogen) atoms. The van der Waals surface area contributed by atoms with Crippen LogP contribution in [0.2, 0.25) is 10.0 Å². The molecule has 0 saturated heterocycles. The van der Waals surface area contributed by atoms with Crippen LogP contribution in [0.1, 0.15) is 35.5 Å². The standard InChI is InChI=1S/C14H16Cl2N2S/c1-3-6-17-13(14-9(2)18-8-19-14)11-7-10(15)4-5-12(11)16/h4-5,7-8,13,17H,3,6H2,1-2H3. The van der Waals surface area contributed by atoms with Crippen LogP contribution >= 0.6 is 34.5 Å². The summed E-state index contributed by atoms with van der Waals surface area (Å²) in [7, 11) is 0. The Kier molecular flexibility index (Phi) is 5.22. The molecule has 1 aromatic heterocycles. The Morgan fingerprint density at radius 1 is 1.37 bits per heavy atom. The number of aryl methyl sites for hydroxylation is 1. The third-order valence-corrected chi connectivity index (χ3v) is 4.49. The van der Waals surface area contributed by atoms with E-state index in [9.17, 15) is 0 Å². The Balaban J connectivity index is 2.42. The van der Waals surface area contributed by atoms with Crippen molar-refractivity contribution in [3.63, 3.8) is 0 Å². The number of nitrogens with one attached hydrogen (secondary N) is 1. The predicted molar refractivity (Wildman–Crippen MR) is 83.4 cm³/mol. The van der Waals surface area contributed by atoms with Gasteiger partial charge >= 0.3 is 0 Å². The monoisotopic (exact) mass is 314 g/mol. The van der Waals surface area contributed by atoms with Gasteiger partial charge in [-0.1, -0.05) is 30.1 Å². The van der Waals surface area contributed by atoms with Crippen LogP contribution < -0.4 is 5.32 Å². The van der Waals surface area contributed by atoms with Crippen molar-refractivity contribution in [2.75, 3.05) is 6.54 Å². The summed E-state index contributed by atoms with van der Waals surface area (Å²) < 4.78 is 0. The lowest BCUT2D eigenvalue weighted by Crippen LogP contribution is -2.23. The summed E-state index contributed by atoms with van der Waals surface area (Å²) in [6, 6.07) is 5.63. The molecule has 2 nitrogen and oxygen atoms in total. The molecule has 5 heteroatoms. The lowest BCUT2D eigenvalue weighted by atomic mass is 10.0. The van der Waals surface area contributed by atoms with Crippen molar-refractivity contribution in [2.24, 2.45) is 0 Å². The van der Waals surface area contributed by atoms with Gasteiger partial charge in [0, 0.05) is 14.9 Å². The zero-order chi connectivity index (χ0) is 13.8. The van der Waals surface area contributed by atoms with Crippen molar-refractivity contribution in [2.45, 2.75) is 26.3 Å². The summed E-state index contributed by atoms with van der Waals surface area (Å²) in [5, 5.41) is 4.95. The highest BCUT2D eigenvalue weighted by Crippen LogP contribution is 2.33. The van der Waals surface area contributed by atoms with E-state index in [2.05, 4.69) is 17.2 Å². The maximum atomic E-state index is 6.32. The van der Waals surface area contributed by atoms with E-state index in [0.29, 0.717) is 5.02 Å². The highest BCUT2D eigenvalue weighted by atomic mass is 35.5.